The molecule has 1 atom stereocenters. The van der Waals surface area contributed by atoms with E-state index in [9.17, 15) is 9.59 Å². The summed E-state index contributed by atoms with van der Waals surface area (Å²) in [4.78, 5) is 25.0. The van der Waals surface area contributed by atoms with Gasteiger partial charge >= 0.3 is 5.97 Å². The molecule has 1 amide bonds. The Morgan fingerprint density at radius 1 is 0.971 bits per heavy atom. The highest BCUT2D eigenvalue weighted by atomic mass is 79.9. The summed E-state index contributed by atoms with van der Waals surface area (Å²) >= 11 is 9.48. The molecule has 0 aliphatic carbocycles. The van der Waals surface area contributed by atoms with Crippen molar-refractivity contribution in [3.8, 4) is 11.5 Å². The number of benzene rings is 4. The van der Waals surface area contributed by atoms with Crippen molar-refractivity contribution in [2.24, 2.45) is 5.10 Å². The molecule has 1 N–H and O–H groups in total. The zero-order chi connectivity index (χ0) is 24.8. The summed E-state index contributed by atoms with van der Waals surface area (Å²) in [5.41, 5.74) is 3.18. The minimum atomic E-state index is -0.784. The second-order valence-electron chi connectivity index (χ2n) is 7.55. The van der Waals surface area contributed by atoms with E-state index in [0.717, 1.165) is 15.2 Å². The lowest BCUT2D eigenvalue weighted by atomic mass is 10.1. The first-order valence-electron chi connectivity index (χ1n) is 10.7. The molecule has 4 rings (SSSR count). The number of amides is 1. The normalized spacial score (nSPS) is 11.9. The lowest BCUT2D eigenvalue weighted by Gasteiger charge is -2.13. The molecular weight excluding hydrogens is 532 g/mol. The van der Waals surface area contributed by atoms with Gasteiger partial charge in [0, 0.05) is 10.0 Å². The van der Waals surface area contributed by atoms with E-state index in [1.165, 1.54) is 6.21 Å². The monoisotopic (exact) mass is 550 g/mol. The van der Waals surface area contributed by atoms with Gasteiger partial charge in [0.25, 0.3) is 5.91 Å². The van der Waals surface area contributed by atoms with Crippen LogP contribution in [0, 0.1) is 0 Å². The molecule has 6 nitrogen and oxygen atoms in total. The standard InChI is InChI=1S/C27H20BrClN2O4/c1-17(34-22-12-10-18-6-2-3-7-19(18)15-22)26(32)31-30-16-20-14-21(28)11-13-25(20)35-27(33)23-8-4-5-9-24(23)29/h2-17H,1H3,(H,31,32)/b30-16+. The largest absolute Gasteiger partial charge is 0.481 e. The molecule has 0 radical (unpaired) electrons. The van der Waals surface area contributed by atoms with Crippen LogP contribution < -0.4 is 14.9 Å². The molecule has 0 bridgehead atoms. The predicted molar refractivity (Wildman–Crippen MR) is 140 cm³/mol. The van der Waals surface area contributed by atoms with Gasteiger partial charge in [-0.15, -0.1) is 0 Å². The van der Waals surface area contributed by atoms with Crippen LogP contribution in [0.1, 0.15) is 22.8 Å². The van der Waals surface area contributed by atoms with Gasteiger partial charge < -0.3 is 9.47 Å². The number of esters is 1. The number of rotatable bonds is 7. The number of nitrogens with one attached hydrogen (secondary N) is 1. The first-order chi connectivity index (χ1) is 16.9. The third-order valence-electron chi connectivity index (χ3n) is 5.05. The Balaban J connectivity index is 1.41. The maximum Gasteiger partial charge on any atom is 0.345 e. The molecule has 0 saturated heterocycles. The number of hydrazone groups is 1. The summed E-state index contributed by atoms with van der Waals surface area (Å²) in [6, 6.07) is 25.2. The highest BCUT2D eigenvalue weighted by molar-refractivity contribution is 9.10. The van der Waals surface area contributed by atoms with Crippen molar-refractivity contribution in [1.82, 2.24) is 5.43 Å². The Morgan fingerprint density at radius 2 is 1.71 bits per heavy atom. The van der Waals surface area contributed by atoms with Crippen molar-refractivity contribution in [2.75, 3.05) is 0 Å². The van der Waals surface area contributed by atoms with Crippen molar-refractivity contribution in [3.05, 3.63) is 106 Å². The number of carbonyl (C=O) groups is 2. The fourth-order valence-corrected chi connectivity index (χ4v) is 3.84. The van der Waals surface area contributed by atoms with Crippen molar-refractivity contribution < 1.29 is 19.1 Å². The summed E-state index contributed by atoms with van der Waals surface area (Å²) < 4.78 is 12.0. The van der Waals surface area contributed by atoms with Crippen LogP contribution in [0.2, 0.25) is 5.02 Å². The third kappa shape index (κ3) is 6.26. The smallest absolute Gasteiger partial charge is 0.345 e. The van der Waals surface area contributed by atoms with Gasteiger partial charge in [-0.3, -0.25) is 4.79 Å². The molecule has 4 aromatic carbocycles. The molecular formula is C27H20BrClN2O4. The molecule has 4 aromatic rings. The summed E-state index contributed by atoms with van der Waals surface area (Å²) in [5.74, 6) is -0.194. The second-order valence-corrected chi connectivity index (χ2v) is 8.88. The van der Waals surface area contributed by atoms with Gasteiger partial charge in [0.2, 0.25) is 0 Å². The van der Waals surface area contributed by atoms with Gasteiger partial charge in [0.05, 0.1) is 16.8 Å². The van der Waals surface area contributed by atoms with E-state index in [-0.39, 0.29) is 16.3 Å². The van der Waals surface area contributed by atoms with Crippen LogP contribution >= 0.6 is 27.5 Å². The van der Waals surface area contributed by atoms with E-state index >= 15 is 0 Å². The number of carbonyl (C=O) groups excluding carboxylic acids is 2. The number of nitrogens with zero attached hydrogens (tertiary/aromatic N) is 1. The molecule has 1 unspecified atom stereocenters. The third-order valence-corrected chi connectivity index (χ3v) is 5.87. The fraction of sp³-hybridized carbons (Fsp3) is 0.0741. The van der Waals surface area contributed by atoms with E-state index < -0.39 is 18.0 Å². The van der Waals surface area contributed by atoms with Crippen LogP contribution in [0.5, 0.6) is 11.5 Å². The van der Waals surface area contributed by atoms with Crippen LogP contribution in [0.15, 0.2) is 94.5 Å². The lowest BCUT2D eigenvalue weighted by Crippen LogP contribution is -2.33. The van der Waals surface area contributed by atoms with Gasteiger partial charge in [-0.1, -0.05) is 70.0 Å². The maximum atomic E-state index is 12.5. The van der Waals surface area contributed by atoms with Gasteiger partial charge in [-0.25, -0.2) is 10.2 Å². The maximum absolute atomic E-state index is 12.5. The first-order valence-corrected chi connectivity index (χ1v) is 11.8. The second kappa shape index (κ2) is 11.2. The minimum Gasteiger partial charge on any atom is -0.481 e. The van der Waals surface area contributed by atoms with E-state index in [1.807, 2.05) is 42.5 Å². The molecule has 35 heavy (non-hydrogen) atoms. The molecule has 0 saturated carbocycles. The average Bonchev–Trinajstić information content (AvgIpc) is 2.85. The number of hydrogen-bond donors (Lipinski definition) is 1. The summed E-state index contributed by atoms with van der Waals surface area (Å²) in [6.07, 6.45) is 0.606. The molecule has 0 heterocycles. The minimum absolute atomic E-state index is 0.243. The topological polar surface area (TPSA) is 77.0 Å². The quantitative estimate of drug-likeness (QED) is 0.125. The number of halogens is 2. The Bertz CT molecular complexity index is 1420. The van der Waals surface area contributed by atoms with Crippen LogP contribution in [0.4, 0.5) is 0 Å². The fourth-order valence-electron chi connectivity index (χ4n) is 3.25. The van der Waals surface area contributed by atoms with Crippen molar-refractivity contribution in [2.45, 2.75) is 13.0 Å². The highest BCUT2D eigenvalue weighted by Crippen LogP contribution is 2.25. The number of fused-ring (bicyclic) bond motifs is 1. The van der Waals surface area contributed by atoms with Crippen molar-refractivity contribution in [1.29, 1.82) is 0 Å². The Hall–Kier alpha value is -3.68. The summed E-state index contributed by atoms with van der Waals surface area (Å²) in [7, 11) is 0. The average molecular weight is 552 g/mol. The van der Waals surface area contributed by atoms with Crippen molar-refractivity contribution in [3.63, 3.8) is 0 Å². The van der Waals surface area contributed by atoms with Crippen LogP contribution in [-0.2, 0) is 4.79 Å². The van der Waals surface area contributed by atoms with Crippen LogP contribution in [-0.4, -0.2) is 24.2 Å². The first kappa shape index (κ1) is 24.4. The van der Waals surface area contributed by atoms with E-state index in [1.54, 1.807) is 49.4 Å². The predicted octanol–water partition coefficient (Wildman–Crippen LogP) is 6.39. The van der Waals surface area contributed by atoms with Crippen LogP contribution in [0.25, 0.3) is 10.8 Å². The zero-order valence-corrected chi connectivity index (χ0v) is 20.9. The lowest BCUT2D eigenvalue weighted by molar-refractivity contribution is -0.127. The molecule has 0 aliphatic heterocycles. The Labute approximate surface area is 215 Å². The molecule has 176 valence electrons. The van der Waals surface area contributed by atoms with Crippen molar-refractivity contribution >= 4 is 56.4 Å². The van der Waals surface area contributed by atoms with Gasteiger partial charge in [-0.05, 0) is 60.2 Å². The van der Waals surface area contributed by atoms with E-state index in [2.05, 4.69) is 26.5 Å². The van der Waals surface area contributed by atoms with Gasteiger partial charge in [0.1, 0.15) is 11.5 Å². The number of hydrogen-bond acceptors (Lipinski definition) is 5. The SMILES string of the molecule is CC(Oc1ccc2ccccc2c1)C(=O)N/N=C/c1cc(Br)ccc1OC(=O)c1ccccc1Cl. The van der Waals surface area contributed by atoms with Gasteiger partial charge in [-0.2, -0.15) is 5.10 Å². The molecule has 0 spiro atoms. The molecule has 8 heteroatoms. The van der Waals surface area contributed by atoms with Crippen LogP contribution in [0.3, 0.4) is 0 Å². The van der Waals surface area contributed by atoms with E-state index in [4.69, 9.17) is 21.1 Å². The van der Waals surface area contributed by atoms with E-state index in [0.29, 0.717) is 11.3 Å². The summed E-state index contributed by atoms with van der Waals surface area (Å²) in [5, 5.41) is 6.40. The highest BCUT2D eigenvalue weighted by Gasteiger charge is 2.16. The summed E-state index contributed by atoms with van der Waals surface area (Å²) in [6.45, 7) is 1.63. The molecule has 0 aromatic heterocycles. The Morgan fingerprint density at radius 3 is 2.51 bits per heavy atom. The zero-order valence-electron chi connectivity index (χ0n) is 18.6. The van der Waals surface area contributed by atoms with Gasteiger partial charge in [0.15, 0.2) is 6.10 Å². The Kier molecular flexibility index (Phi) is 7.80. The molecule has 0 aliphatic rings. The molecule has 0 fully saturated rings. The number of ether oxygens (including phenoxy) is 2.